The van der Waals surface area contributed by atoms with Crippen molar-refractivity contribution in [2.75, 3.05) is 7.11 Å². The Morgan fingerprint density at radius 3 is 2.60 bits per heavy atom. The van der Waals surface area contributed by atoms with E-state index in [1.807, 2.05) is 19.9 Å². The van der Waals surface area contributed by atoms with Gasteiger partial charge in [0.1, 0.15) is 12.4 Å². The lowest BCUT2D eigenvalue weighted by Crippen LogP contribution is -2.47. The van der Waals surface area contributed by atoms with Crippen LogP contribution >= 0.6 is 23.2 Å². The highest BCUT2D eigenvalue weighted by Gasteiger charge is 2.34. The van der Waals surface area contributed by atoms with Crippen molar-refractivity contribution in [3.63, 3.8) is 0 Å². The summed E-state index contributed by atoms with van der Waals surface area (Å²) >= 11 is 12.1. The minimum absolute atomic E-state index is 0.0703. The molecule has 1 aliphatic heterocycles. The van der Waals surface area contributed by atoms with Crippen molar-refractivity contribution in [1.29, 1.82) is 0 Å². The van der Waals surface area contributed by atoms with Crippen LogP contribution in [0, 0.1) is 5.92 Å². The molecule has 0 saturated carbocycles. The number of rotatable bonds is 6. The number of hydrogen-bond acceptors (Lipinski definition) is 4. The molecule has 0 fully saturated rings. The molecular weight excluding hydrogens is 427 g/mol. The van der Waals surface area contributed by atoms with Crippen LogP contribution in [-0.4, -0.2) is 19.1 Å². The van der Waals surface area contributed by atoms with Crippen LogP contribution in [0.3, 0.4) is 0 Å². The number of amides is 2. The minimum atomic E-state index is -0.661. The largest absolute Gasteiger partial charge is 0.489 e. The molecule has 2 amide bonds. The Kier molecular flexibility index (Phi) is 6.90. The zero-order valence-corrected chi connectivity index (χ0v) is 18.3. The number of urea groups is 1. The third kappa shape index (κ3) is 4.89. The summed E-state index contributed by atoms with van der Waals surface area (Å²) in [6.07, 6.45) is 0. The first kappa shape index (κ1) is 22.0. The van der Waals surface area contributed by atoms with Crippen molar-refractivity contribution in [3.8, 4) is 5.75 Å². The molecule has 30 heavy (non-hydrogen) atoms. The summed E-state index contributed by atoms with van der Waals surface area (Å²) < 4.78 is 10.8. The Balaban J connectivity index is 1.90. The van der Waals surface area contributed by atoms with Gasteiger partial charge >= 0.3 is 12.0 Å². The summed E-state index contributed by atoms with van der Waals surface area (Å²) in [6.45, 7) is 4.04. The number of halogens is 2. The van der Waals surface area contributed by atoms with E-state index in [0.29, 0.717) is 32.6 Å². The first-order chi connectivity index (χ1) is 14.3. The van der Waals surface area contributed by atoms with Crippen molar-refractivity contribution in [1.82, 2.24) is 10.6 Å². The number of esters is 1. The standard InChI is InChI=1S/C22H22Cl2N2O4/c1-12(2)19-18(21(27)29-3)20(26-22(28)25-19)13-5-4-6-16(9-13)30-11-14-7-8-15(23)10-17(14)24/h4-10,12,20H,11H2,1-3H3,(H2,25,26,28). The fourth-order valence-electron chi connectivity index (χ4n) is 3.21. The highest BCUT2D eigenvalue weighted by atomic mass is 35.5. The van der Waals surface area contributed by atoms with Gasteiger partial charge in [0.05, 0.1) is 18.7 Å². The summed E-state index contributed by atoms with van der Waals surface area (Å²) in [4.78, 5) is 24.7. The Hall–Kier alpha value is -2.70. The summed E-state index contributed by atoms with van der Waals surface area (Å²) in [5.74, 6) is -0.00351. The predicted molar refractivity (Wildman–Crippen MR) is 116 cm³/mol. The molecule has 2 N–H and O–H groups in total. The van der Waals surface area contributed by atoms with Crippen LogP contribution in [0.15, 0.2) is 53.7 Å². The van der Waals surface area contributed by atoms with Gasteiger partial charge in [-0.1, -0.05) is 55.2 Å². The number of nitrogens with one attached hydrogen (secondary N) is 2. The zero-order chi connectivity index (χ0) is 21.8. The van der Waals surface area contributed by atoms with Crippen molar-refractivity contribution in [3.05, 3.63) is 74.9 Å². The van der Waals surface area contributed by atoms with E-state index in [1.54, 1.807) is 36.4 Å². The van der Waals surface area contributed by atoms with Gasteiger partial charge in [-0.15, -0.1) is 0 Å². The van der Waals surface area contributed by atoms with E-state index in [2.05, 4.69) is 10.6 Å². The number of allylic oxidation sites excluding steroid dienone is 1. The number of methoxy groups -OCH3 is 1. The lowest BCUT2D eigenvalue weighted by atomic mass is 9.91. The van der Waals surface area contributed by atoms with Crippen molar-refractivity contribution in [2.24, 2.45) is 5.92 Å². The third-order valence-electron chi connectivity index (χ3n) is 4.69. The van der Waals surface area contributed by atoms with Crippen molar-refractivity contribution < 1.29 is 19.1 Å². The van der Waals surface area contributed by atoms with Crippen LogP contribution in [0.1, 0.15) is 31.0 Å². The Labute approximate surface area is 185 Å². The molecule has 1 heterocycles. The van der Waals surface area contributed by atoms with Gasteiger partial charge in [-0.25, -0.2) is 9.59 Å². The van der Waals surface area contributed by atoms with E-state index in [-0.39, 0.29) is 18.6 Å². The average molecular weight is 449 g/mol. The number of benzene rings is 2. The molecule has 6 nitrogen and oxygen atoms in total. The van der Waals surface area contributed by atoms with Gasteiger partial charge in [0.25, 0.3) is 0 Å². The molecule has 8 heteroatoms. The fourth-order valence-corrected chi connectivity index (χ4v) is 3.67. The predicted octanol–water partition coefficient (Wildman–Crippen LogP) is 5.01. The Morgan fingerprint density at radius 2 is 1.93 bits per heavy atom. The van der Waals surface area contributed by atoms with Crippen LogP contribution in [0.4, 0.5) is 4.79 Å². The molecule has 0 spiro atoms. The smallest absolute Gasteiger partial charge is 0.337 e. The zero-order valence-electron chi connectivity index (χ0n) is 16.8. The maximum Gasteiger partial charge on any atom is 0.337 e. The number of hydrogen-bond donors (Lipinski definition) is 2. The van der Waals surface area contributed by atoms with E-state index < -0.39 is 12.0 Å². The molecule has 1 atom stereocenters. The van der Waals surface area contributed by atoms with Crippen LogP contribution in [0.5, 0.6) is 5.75 Å². The quantitative estimate of drug-likeness (QED) is 0.608. The van der Waals surface area contributed by atoms with Gasteiger partial charge in [-0.05, 0) is 35.7 Å². The van der Waals surface area contributed by atoms with Crippen molar-refractivity contribution in [2.45, 2.75) is 26.5 Å². The monoisotopic (exact) mass is 448 g/mol. The lowest BCUT2D eigenvalue weighted by molar-refractivity contribution is -0.136. The molecule has 0 aliphatic carbocycles. The Morgan fingerprint density at radius 1 is 1.17 bits per heavy atom. The molecule has 2 aromatic carbocycles. The average Bonchev–Trinajstić information content (AvgIpc) is 2.72. The van der Waals surface area contributed by atoms with E-state index in [9.17, 15) is 9.59 Å². The summed E-state index contributed by atoms with van der Waals surface area (Å²) in [5.41, 5.74) is 2.39. The molecule has 0 radical (unpaired) electrons. The van der Waals surface area contributed by atoms with E-state index in [0.717, 1.165) is 5.56 Å². The van der Waals surface area contributed by atoms with Gasteiger partial charge in [-0.3, -0.25) is 0 Å². The highest BCUT2D eigenvalue weighted by Crippen LogP contribution is 2.32. The number of carbonyl (C=O) groups is 2. The van der Waals surface area contributed by atoms with Gasteiger partial charge in [0, 0.05) is 21.3 Å². The first-order valence-electron chi connectivity index (χ1n) is 9.36. The minimum Gasteiger partial charge on any atom is -0.489 e. The van der Waals surface area contributed by atoms with E-state index >= 15 is 0 Å². The molecule has 1 aliphatic rings. The lowest BCUT2D eigenvalue weighted by Gasteiger charge is -2.30. The molecule has 0 aromatic heterocycles. The number of carbonyl (C=O) groups excluding carboxylic acids is 2. The third-order valence-corrected chi connectivity index (χ3v) is 5.27. The van der Waals surface area contributed by atoms with Crippen LogP contribution in [0.2, 0.25) is 10.0 Å². The molecule has 158 valence electrons. The van der Waals surface area contributed by atoms with Crippen LogP contribution < -0.4 is 15.4 Å². The molecule has 3 rings (SSSR count). The van der Waals surface area contributed by atoms with E-state index in [1.165, 1.54) is 7.11 Å². The molecule has 0 bridgehead atoms. The topological polar surface area (TPSA) is 76.7 Å². The van der Waals surface area contributed by atoms with Gasteiger partial charge in [-0.2, -0.15) is 0 Å². The van der Waals surface area contributed by atoms with Crippen LogP contribution in [0.25, 0.3) is 0 Å². The highest BCUT2D eigenvalue weighted by molar-refractivity contribution is 6.35. The SMILES string of the molecule is COC(=O)C1=C(C(C)C)NC(=O)NC1c1cccc(OCc2ccc(Cl)cc2Cl)c1. The second-order valence-corrected chi connectivity index (χ2v) is 7.95. The second-order valence-electron chi connectivity index (χ2n) is 7.10. The Bertz CT molecular complexity index is 1000. The summed E-state index contributed by atoms with van der Waals surface area (Å²) in [6, 6.07) is 11.3. The van der Waals surface area contributed by atoms with Crippen molar-refractivity contribution >= 4 is 35.2 Å². The molecule has 0 saturated heterocycles. The van der Waals surface area contributed by atoms with Gasteiger partial charge in [0.15, 0.2) is 0 Å². The first-order valence-corrected chi connectivity index (χ1v) is 10.1. The maximum atomic E-state index is 12.5. The summed E-state index contributed by atoms with van der Waals surface area (Å²) in [7, 11) is 1.32. The van der Waals surface area contributed by atoms with E-state index in [4.69, 9.17) is 32.7 Å². The van der Waals surface area contributed by atoms with Gasteiger partial charge in [0.2, 0.25) is 0 Å². The normalized spacial score (nSPS) is 16.2. The molecule has 1 unspecified atom stereocenters. The molecule has 2 aromatic rings. The molecular formula is C22H22Cl2N2O4. The van der Waals surface area contributed by atoms with Gasteiger partial charge < -0.3 is 20.1 Å². The van der Waals surface area contributed by atoms with Crippen LogP contribution in [-0.2, 0) is 16.1 Å². The second kappa shape index (κ2) is 9.41. The fraction of sp³-hybridized carbons (Fsp3) is 0.273. The maximum absolute atomic E-state index is 12.5. The number of ether oxygens (including phenoxy) is 2. The summed E-state index contributed by atoms with van der Waals surface area (Å²) in [5, 5.41) is 6.59.